The van der Waals surface area contributed by atoms with Crippen LogP contribution in [0.1, 0.15) is 13.3 Å². The van der Waals surface area contributed by atoms with Crippen molar-refractivity contribution >= 4 is 50.7 Å². The highest BCUT2D eigenvalue weighted by molar-refractivity contribution is 7.80. The number of nitrogens with two attached hydrogens (primary N) is 1. The van der Waals surface area contributed by atoms with Crippen LogP contribution in [0.5, 0.6) is 0 Å². The summed E-state index contributed by atoms with van der Waals surface area (Å²) in [4.78, 5) is 0. The summed E-state index contributed by atoms with van der Waals surface area (Å²) in [5.74, 6) is 0. The zero-order chi connectivity index (χ0) is 8.41. The molecule has 3 nitrogen and oxygen atoms in total. The van der Waals surface area contributed by atoms with E-state index >= 15 is 0 Å². The van der Waals surface area contributed by atoms with Gasteiger partial charge in [-0.15, -0.1) is 12.4 Å². The van der Waals surface area contributed by atoms with Crippen molar-refractivity contribution in [3.05, 3.63) is 0 Å². The Morgan fingerprint density at radius 3 is 2.09 bits per heavy atom. The van der Waals surface area contributed by atoms with E-state index in [9.17, 15) is 0 Å². The molecular formula is C4H11ClN2OSSi2. The van der Waals surface area contributed by atoms with Crippen LogP contribution in [-0.2, 0) is 4.12 Å². The summed E-state index contributed by atoms with van der Waals surface area (Å²) in [6, 6.07) is 0. The van der Waals surface area contributed by atoms with E-state index in [1.165, 1.54) is 0 Å². The van der Waals surface area contributed by atoms with Gasteiger partial charge in [0.2, 0.25) is 21.0 Å². The first-order valence-corrected chi connectivity index (χ1v) is 3.94. The zero-order valence-corrected chi connectivity index (χ0v) is 9.85. The van der Waals surface area contributed by atoms with Gasteiger partial charge in [0.1, 0.15) is 0 Å². The quantitative estimate of drug-likeness (QED) is 0.507. The number of thiocarbonyl (C=S) groups is 1. The number of halogens is 1. The zero-order valence-electron chi connectivity index (χ0n) is 6.22. The number of rotatable bonds is 2. The standard InChI is InChI=1S/C4H10N2S.ClH.OSi2/c1-2-3-6-4(5)7;;2-1-3/h2-3H2,1H3,(H3,5,6,7);1H;. The molecule has 0 saturated heterocycles. The molecular weight excluding hydrogens is 216 g/mol. The summed E-state index contributed by atoms with van der Waals surface area (Å²) >= 11 is 4.53. The molecule has 0 aromatic rings. The molecule has 0 aliphatic carbocycles. The van der Waals surface area contributed by atoms with Gasteiger partial charge in [0, 0.05) is 6.54 Å². The molecule has 0 spiro atoms. The van der Waals surface area contributed by atoms with Crippen molar-refractivity contribution in [1.82, 2.24) is 5.32 Å². The molecule has 6 radical (unpaired) electrons. The van der Waals surface area contributed by atoms with E-state index in [2.05, 4.69) is 49.5 Å². The summed E-state index contributed by atoms with van der Waals surface area (Å²) in [5, 5.41) is 3.20. The lowest BCUT2D eigenvalue weighted by atomic mass is 10.5. The Morgan fingerprint density at radius 1 is 1.64 bits per heavy atom. The fourth-order valence-corrected chi connectivity index (χ4v) is 0.350. The Hall–Kier alpha value is 0.374. The summed E-state index contributed by atoms with van der Waals surface area (Å²) in [6.45, 7) is 2.95. The summed E-state index contributed by atoms with van der Waals surface area (Å²) < 4.78 is 3.86. The topological polar surface area (TPSA) is 47.3 Å². The molecule has 0 unspecified atom stereocenters. The van der Waals surface area contributed by atoms with E-state index in [1.54, 1.807) is 0 Å². The fraction of sp³-hybridized carbons (Fsp3) is 0.750. The van der Waals surface area contributed by atoms with E-state index in [4.69, 9.17) is 5.73 Å². The molecule has 7 heteroatoms. The predicted octanol–water partition coefficient (Wildman–Crippen LogP) is -0.179. The van der Waals surface area contributed by atoms with Crippen LogP contribution >= 0.6 is 24.6 Å². The smallest absolute Gasteiger partial charge is 0.229 e. The van der Waals surface area contributed by atoms with Crippen molar-refractivity contribution in [2.45, 2.75) is 13.3 Å². The van der Waals surface area contributed by atoms with Crippen molar-refractivity contribution in [3.8, 4) is 0 Å². The molecule has 0 aliphatic heterocycles. The molecule has 0 aromatic carbocycles. The van der Waals surface area contributed by atoms with Crippen LogP contribution in [0.25, 0.3) is 0 Å². The van der Waals surface area contributed by atoms with Crippen molar-refractivity contribution in [1.29, 1.82) is 0 Å². The SMILES string of the molecule is CCCNC(N)=S.Cl.[Si]O[Si]. The molecule has 0 amide bonds. The minimum absolute atomic E-state index is 0. The number of nitrogens with one attached hydrogen (secondary N) is 1. The lowest BCUT2D eigenvalue weighted by Gasteiger charge is -1.96. The molecule has 0 bridgehead atoms. The fourth-order valence-electron chi connectivity index (χ4n) is 0.248. The van der Waals surface area contributed by atoms with Crippen molar-refractivity contribution in [3.63, 3.8) is 0 Å². The summed E-state index contributed by atoms with van der Waals surface area (Å²) in [7, 11) is 5.19. The molecule has 0 atom stereocenters. The Balaban J connectivity index is -0.000000140. The molecule has 11 heavy (non-hydrogen) atoms. The van der Waals surface area contributed by atoms with Crippen LogP contribution in [0.3, 0.4) is 0 Å². The van der Waals surface area contributed by atoms with Crippen LogP contribution < -0.4 is 11.1 Å². The van der Waals surface area contributed by atoms with E-state index in [1.807, 2.05) is 0 Å². The van der Waals surface area contributed by atoms with Gasteiger partial charge in [-0.05, 0) is 18.6 Å². The van der Waals surface area contributed by atoms with Crippen LogP contribution in [0.4, 0.5) is 0 Å². The maximum Gasteiger partial charge on any atom is 0.229 e. The maximum atomic E-state index is 5.10. The Labute approximate surface area is 85.9 Å². The van der Waals surface area contributed by atoms with E-state index in [-0.39, 0.29) is 12.4 Å². The predicted molar refractivity (Wildman–Crippen MR) is 54.9 cm³/mol. The first-order valence-electron chi connectivity index (χ1n) is 2.71. The molecule has 64 valence electrons. The van der Waals surface area contributed by atoms with Gasteiger partial charge < -0.3 is 15.2 Å². The van der Waals surface area contributed by atoms with Gasteiger partial charge >= 0.3 is 0 Å². The first-order chi connectivity index (χ1) is 4.68. The molecule has 0 rings (SSSR count). The van der Waals surface area contributed by atoms with Crippen molar-refractivity contribution < 1.29 is 4.12 Å². The minimum Gasteiger partial charge on any atom is -0.458 e. The Morgan fingerprint density at radius 2 is 2.00 bits per heavy atom. The van der Waals surface area contributed by atoms with Gasteiger partial charge in [0.25, 0.3) is 0 Å². The van der Waals surface area contributed by atoms with Gasteiger partial charge in [-0.2, -0.15) is 0 Å². The van der Waals surface area contributed by atoms with Crippen molar-refractivity contribution in [2.75, 3.05) is 6.54 Å². The van der Waals surface area contributed by atoms with Crippen LogP contribution in [0, 0.1) is 0 Å². The largest absolute Gasteiger partial charge is 0.458 e. The third-order valence-corrected chi connectivity index (χ3v) is 0.694. The third kappa shape index (κ3) is 38.0. The average Bonchev–Trinajstić information content (AvgIpc) is 1.85. The lowest BCUT2D eigenvalue weighted by molar-refractivity contribution is 0.690. The Bertz CT molecular complexity index is 88.5. The highest BCUT2D eigenvalue weighted by Crippen LogP contribution is 1.66. The summed E-state index contributed by atoms with van der Waals surface area (Å²) in [6.07, 6.45) is 1.07. The van der Waals surface area contributed by atoms with Crippen LogP contribution in [-0.4, -0.2) is 32.6 Å². The van der Waals surface area contributed by atoms with E-state index < -0.39 is 0 Å². The number of hydrogen-bond donors (Lipinski definition) is 2. The van der Waals surface area contributed by atoms with Gasteiger partial charge in [0.15, 0.2) is 5.11 Å². The third-order valence-electron chi connectivity index (χ3n) is 0.549. The molecule has 0 aliphatic rings. The molecule has 0 saturated carbocycles. The highest BCUT2D eigenvalue weighted by Gasteiger charge is 1.79. The van der Waals surface area contributed by atoms with Crippen molar-refractivity contribution in [2.24, 2.45) is 5.73 Å². The van der Waals surface area contributed by atoms with Gasteiger partial charge in [-0.3, -0.25) is 0 Å². The monoisotopic (exact) mass is 226 g/mol. The van der Waals surface area contributed by atoms with Crippen LogP contribution in [0.15, 0.2) is 0 Å². The van der Waals surface area contributed by atoms with Crippen LogP contribution in [0.2, 0.25) is 0 Å². The Kier molecular flexibility index (Phi) is 26.6. The van der Waals surface area contributed by atoms with Gasteiger partial charge in [0.05, 0.1) is 0 Å². The van der Waals surface area contributed by atoms with E-state index in [0.717, 1.165) is 13.0 Å². The average molecular weight is 227 g/mol. The maximum absolute atomic E-state index is 5.10. The highest BCUT2D eigenvalue weighted by atomic mass is 35.5. The van der Waals surface area contributed by atoms with Gasteiger partial charge in [-0.1, -0.05) is 6.92 Å². The second kappa shape index (κ2) is 16.8. The molecule has 0 aromatic heterocycles. The normalized spacial score (nSPS) is 6.82. The van der Waals surface area contributed by atoms with Gasteiger partial charge in [-0.25, -0.2) is 0 Å². The summed E-state index contributed by atoms with van der Waals surface area (Å²) in [5.41, 5.74) is 5.10. The second-order valence-corrected chi connectivity index (χ2v) is 2.65. The molecule has 0 heterocycles. The minimum atomic E-state index is 0. The first kappa shape index (κ1) is 17.5. The number of hydrogen-bond acceptors (Lipinski definition) is 2. The second-order valence-electron chi connectivity index (χ2n) is 1.39. The molecule has 3 N–H and O–H groups in total. The van der Waals surface area contributed by atoms with E-state index in [0.29, 0.717) is 5.11 Å². The molecule has 0 fully saturated rings. The lowest BCUT2D eigenvalue weighted by Crippen LogP contribution is -2.29.